The summed E-state index contributed by atoms with van der Waals surface area (Å²) >= 11 is 6.11. The minimum absolute atomic E-state index is 0.0276. The van der Waals surface area contributed by atoms with Gasteiger partial charge in [-0.1, -0.05) is 41.4 Å². The summed E-state index contributed by atoms with van der Waals surface area (Å²) in [7, 11) is 0. The number of ether oxygens (including phenoxy) is 1. The van der Waals surface area contributed by atoms with Crippen molar-refractivity contribution >= 4 is 28.5 Å². The molecule has 5 nitrogen and oxygen atoms in total. The Balaban J connectivity index is 1.71. The third-order valence-corrected chi connectivity index (χ3v) is 5.98. The molecule has 148 valence electrons. The molecule has 0 N–H and O–H groups in total. The van der Waals surface area contributed by atoms with E-state index in [4.69, 9.17) is 20.8 Å². The summed E-state index contributed by atoms with van der Waals surface area (Å²) in [5.74, 6) is -0.150. The van der Waals surface area contributed by atoms with Gasteiger partial charge in [-0.2, -0.15) is 0 Å². The first-order valence-corrected chi connectivity index (χ1v) is 10.2. The Morgan fingerprint density at radius 3 is 2.66 bits per heavy atom. The Labute approximate surface area is 172 Å². The largest absolute Gasteiger partial charge is 0.450 e. The molecule has 2 aliphatic heterocycles. The van der Waals surface area contributed by atoms with E-state index in [1.807, 2.05) is 31.2 Å². The first-order chi connectivity index (χ1) is 14.0. The van der Waals surface area contributed by atoms with Gasteiger partial charge in [-0.05, 0) is 43.5 Å². The Hall–Kier alpha value is -2.63. The van der Waals surface area contributed by atoms with Gasteiger partial charge in [-0.3, -0.25) is 9.59 Å². The van der Waals surface area contributed by atoms with Crippen LogP contribution in [0.3, 0.4) is 0 Å². The number of amides is 1. The van der Waals surface area contributed by atoms with E-state index in [2.05, 4.69) is 0 Å². The highest BCUT2D eigenvalue weighted by molar-refractivity contribution is 6.31. The number of carbonyl (C=O) groups excluding carboxylic acids is 1. The standard InChI is InChI=1S/C23H20ClNO4/c1-13-4-6-14(7-5-13)20-19-21(26)17-11-15(24)8-9-18(17)29-22(19)23(27)25(20)12-16-3-2-10-28-16/h4-9,11,16,20H,2-3,10,12H2,1H3. The summed E-state index contributed by atoms with van der Waals surface area (Å²) in [6.07, 6.45) is 1.86. The van der Waals surface area contributed by atoms with Crippen molar-refractivity contribution in [3.8, 4) is 0 Å². The van der Waals surface area contributed by atoms with Crippen molar-refractivity contribution in [3.63, 3.8) is 0 Å². The molecule has 3 aromatic rings. The Morgan fingerprint density at radius 2 is 1.93 bits per heavy atom. The van der Waals surface area contributed by atoms with E-state index in [0.717, 1.165) is 24.0 Å². The van der Waals surface area contributed by atoms with E-state index in [1.54, 1.807) is 23.1 Å². The number of benzene rings is 2. The van der Waals surface area contributed by atoms with Gasteiger partial charge < -0.3 is 14.1 Å². The number of aryl methyl sites for hydroxylation is 1. The van der Waals surface area contributed by atoms with Crippen LogP contribution in [0.1, 0.15) is 46.1 Å². The van der Waals surface area contributed by atoms with Crippen molar-refractivity contribution in [1.82, 2.24) is 4.90 Å². The summed E-state index contributed by atoms with van der Waals surface area (Å²) in [6.45, 7) is 3.14. The van der Waals surface area contributed by atoms with Crippen molar-refractivity contribution in [3.05, 3.63) is 80.2 Å². The average molecular weight is 410 g/mol. The lowest BCUT2D eigenvalue weighted by atomic mass is 9.97. The Kier molecular flexibility index (Phi) is 4.45. The topological polar surface area (TPSA) is 59.8 Å². The van der Waals surface area contributed by atoms with E-state index >= 15 is 0 Å². The van der Waals surface area contributed by atoms with Crippen LogP contribution in [-0.4, -0.2) is 30.1 Å². The molecule has 5 rings (SSSR count). The molecule has 0 spiro atoms. The van der Waals surface area contributed by atoms with E-state index in [9.17, 15) is 9.59 Å². The zero-order valence-corrected chi connectivity index (χ0v) is 16.7. The molecule has 2 aliphatic rings. The highest BCUT2D eigenvalue weighted by atomic mass is 35.5. The normalized spacial score (nSPS) is 21.2. The molecule has 1 saturated heterocycles. The van der Waals surface area contributed by atoms with Crippen LogP contribution in [0.15, 0.2) is 51.7 Å². The molecule has 3 heterocycles. The van der Waals surface area contributed by atoms with Gasteiger partial charge in [0.05, 0.1) is 23.1 Å². The third-order valence-electron chi connectivity index (χ3n) is 5.75. The number of carbonyl (C=O) groups is 1. The number of rotatable bonds is 3. The molecule has 6 heteroatoms. The fourth-order valence-electron chi connectivity index (χ4n) is 4.28. The third kappa shape index (κ3) is 3.05. The highest BCUT2D eigenvalue weighted by Crippen LogP contribution is 2.39. The predicted octanol–water partition coefficient (Wildman–Crippen LogP) is 4.48. The van der Waals surface area contributed by atoms with Crippen molar-refractivity contribution in [1.29, 1.82) is 0 Å². The average Bonchev–Trinajstić information content (AvgIpc) is 3.32. The second-order valence-electron chi connectivity index (χ2n) is 7.72. The number of fused-ring (bicyclic) bond motifs is 2. The summed E-state index contributed by atoms with van der Waals surface area (Å²) < 4.78 is 11.7. The summed E-state index contributed by atoms with van der Waals surface area (Å²) in [5.41, 5.74) is 2.54. The maximum atomic E-state index is 13.4. The number of halogens is 1. The molecular weight excluding hydrogens is 390 g/mol. The molecule has 0 radical (unpaired) electrons. The summed E-state index contributed by atoms with van der Waals surface area (Å²) in [4.78, 5) is 28.5. The van der Waals surface area contributed by atoms with Gasteiger partial charge in [0.2, 0.25) is 5.76 Å². The van der Waals surface area contributed by atoms with E-state index < -0.39 is 6.04 Å². The molecule has 0 saturated carbocycles. The number of hydrogen-bond donors (Lipinski definition) is 0. The van der Waals surface area contributed by atoms with Crippen molar-refractivity contribution in [2.45, 2.75) is 31.9 Å². The fourth-order valence-corrected chi connectivity index (χ4v) is 4.46. The lowest BCUT2D eigenvalue weighted by Gasteiger charge is -2.27. The molecule has 1 fully saturated rings. The monoisotopic (exact) mass is 409 g/mol. The van der Waals surface area contributed by atoms with Crippen LogP contribution >= 0.6 is 11.6 Å². The first kappa shape index (κ1) is 18.4. The minimum atomic E-state index is -0.498. The Morgan fingerprint density at radius 1 is 1.14 bits per heavy atom. The number of hydrogen-bond acceptors (Lipinski definition) is 4. The maximum Gasteiger partial charge on any atom is 0.291 e. The van der Waals surface area contributed by atoms with Gasteiger partial charge >= 0.3 is 0 Å². The molecule has 1 amide bonds. The van der Waals surface area contributed by atoms with Gasteiger partial charge in [0.1, 0.15) is 5.58 Å². The van der Waals surface area contributed by atoms with Gasteiger partial charge in [0, 0.05) is 18.2 Å². The molecule has 2 aromatic carbocycles. The molecular formula is C23H20ClNO4. The Bertz CT molecular complexity index is 1160. The molecule has 2 unspecified atom stereocenters. The van der Waals surface area contributed by atoms with Crippen molar-refractivity contribution in [2.24, 2.45) is 0 Å². The van der Waals surface area contributed by atoms with Crippen LogP contribution in [-0.2, 0) is 4.74 Å². The first-order valence-electron chi connectivity index (χ1n) is 9.78. The lowest BCUT2D eigenvalue weighted by molar-refractivity contribution is 0.0486. The predicted molar refractivity (Wildman–Crippen MR) is 111 cm³/mol. The zero-order chi connectivity index (χ0) is 20.1. The van der Waals surface area contributed by atoms with Gasteiger partial charge in [-0.25, -0.2) is 0 Å². The fraction of sp³-hybridized carbons (Fsp3) is 0.304. The summed E-state index contributed by atoms with van der Waals surface area (Å²) in [6, 6.07) is 12.3. The minimum Gasteiger partial charge on any atom is -0.450 e. The maximum absolute atomic E-state index is 13.4. The van der Waals surface area contributed by atoms with Crippen molar-refractivity contribution in [2.75, 3.05) is 13.2 Å². The summed E-state index contributed by atoms with van der Waals surface area (Å²) in [5, 5.41) is 0.845. The lowest BCUT2D eigenvalue weighted by Crippen LogP contribution is -2.36. The van der Waals surface area contributed by atoms with Crippen LogP contribution in [0.4, 0.5) is 0 Å². The van der Waals surface area contributed by atoms with Crippen LogP contribution in [0.5, 0.6) is 0 Å². The SMILES string of the molecule is Cc1ccc(C2c3c(oc4ccc(Cl)cc4c3=O)C(=O)N2CC2CCCO2)cc1. The molecule has 2 atom stereocenters. The van der Waals surface area contributed by atoms with Crippen LogP contribution in [0.2, 0.25) is 5.02 Å². The molecule has 1 aromatic heterocycles. The van der Waals surface area contributed by atoms with Gasteiger partial charge in [0.15, 0.2) is 5.43 Å². The molecule has 0 bridgehead atoms. The van der Waals surface area contributed by atoms with Crippen LogP contribution in [0.25, 0.3) is 11.0 Å². The second kappa shape index (κ2) is 7.01. The molecule has 29 heavy (non-hydrogen) atoms. The highest BCUT2D eigenvalue weighted by Gasteiger charge is 2.43. The van der Waals surface area contributed by atoms with Gasteiger partial charge in [0.25, 0.3) is 5.91 Å². The second-order valence-corrected chi connectivity index (χ2v) is 8.16. The number of nitrogens with zero attached hydrogens (tertiary/aromatic N) is 1. The van der Waals surface area contributed by atoms with Crippen molar-refractivity contribution < 1.29 is 13.9 Å². The van der Waals surface area contributed by atoms with E-state index in [-0.39, 0.29) is 23.2 Å². The quantitative estimate of drug-likeness (QED) is 0.640. The zero-order valence-electron chi connectivity index (χ0n) is 16.0. The van der Waals surface area contributed by atoms with E-state index in [0.29, 0.717) is 34.7 Å². The van der Waals surface area contributed by atoms with Crippen LogP contribution < -0.4 is 5.43 Å². The van der Waals surface area contributed by atoms with Gasteiger partial charge in [-0.15, -0.1) is 0 Å². The molecule has 0 aliphatic carbocycles. The van der Waals surface area contributed by atoms with Crippen LogP contribution in [0, 0.1) is 6.92 Å². The smallest absolute Gasteiger partial charge is 0.291 e. The van der Waals surface area contributed by atoms with E-state index in [1.165, 1.54) is 0 Å².